The van der Waals surface area contributed by atoms with Crippen LogP contribution in [0.25, 0.3) is 75.2 Å². The number of para-hydroxylation sites is 1. The van der Waals surface area contributed by atoms with E-state index in [4.69, 9.17) is 8.83 Å². The van der Waals surface area contributed by atoms with Crippen molar-refractivity contribution in [3.05, 3.63) is 151 Å². The molecule has 3 heterocycles. The quantitative estimate of drug-likeness (QED) is 0.191. The highest BCUT2D eigenvalue weighted by molar-refractivity contribution is 7.26. The lowest BCUT2D eigenvalue weighted by molar-refractivity contribution is 0.660. The molecule has 0 unspecified atom stereocenters. The van der Waals surface area contributed by atoms with Crippen molar-refractivity contribution in [2.75, 3.05) is 4.90 Å². The van der Waals surface area contributed by atoms with Crippen LogP contribution in [-0.4, -0.2) is 0 Å². The van der Waals surface area contributed by atoms with Crippen LogP contribution >= 0.6 is 11.3 Å². The average molecular weight is 648 g/mol. The van der Waals surface area contributed by atoms with E-state index in [1.54, 1.807) is 11.3 Å². The molecular formula is C45H29NO2S. The van der Waals surface area contributed by atoms with Gasteiger partial charge in [-0.1, -0.05) is 86.6 Å². The fraction of sp³-hybridized carbons (Fsp3) is 0.0667. The molecule has 7 aromatic carbocycles. The first kappa shape index (κ1) is 27.1. The summed E-state index contributed by atoms with van der Waals surface area (Å²) in [4.78, 5) is 2.39. The van der Waals surface area contributed by atoms with Crippen LogP contribution in [0.2, 0.25) is 0 Å². The lowest BCUT2D eigenvalue weighted by Crippen LogP contribution is -2.16. The summed E-state index contributed by atoms with van der Waals surface area (Å²) >= 11 is 1.81. The van der Waals surface area contributed by atoms with Crippen LogP contribution in [0.5, 0.6) is 0 Å². The van der Waals surface area contributed by atoms with Gasteiger partial charge in [0.15, 0.2) is 5.58 Å². The number of nitrogens with zero attached hydrogens (tertiary/aromatic N) is 1. The van der Waals surface area contributed by atoms with Crippen molar-refractivity contribution in [3.63, 3.8) is 0 Å². The summed E-state index contributed by atoms with van der Waals surface area (Å²) in [6.07, 6.45) is 0. The highest BCUT2D eigenvalue weighted by atomic mass is 32.1. The normalized spacial score (nSPS) is 13.7. The minimum absolute atomic E-state index is 0.112. The molecule has 1 aliphatic rings. The van der Waals surface area contributed by atoms with E-state index in [0.717, 1.165) is 60.9 Å². The minimum atomic E-state index is -0.112. The first-order valence-electron chi connectivity index (χ1n) is 16.8. The summed E-state index contributed by atoms with van der Waals surface area (Å²) in [6, 6.07) is 50.4. The smallest absolute Gasteiger partial charge is 0.153 e. The summed E-state index contributed by atoms with van der Waals surface area (Å²) in [5.74, 6) is 0. The van der Waals surface area contributed by atoms with Gasteiger partial charge in [-0.25, -0.2) is 0 Å². The molecule has 1 aliphatic carbocycles. The maximum atomic E-state index is 6.64. The van der Waals surface area contributed by atoms with E-state index >= 15 is 0 Å². The molecule has 3 aromatic heterocycles. The number of benzene rings is 7. The third-order valence-electron chi connectivity index (χ3n) is 10.7. The lowest BCUT2D eigenvalue weighted by Gasteiger charge is -2.28. The van der Waals surface area contributed by atoms with E-state index in [-0.39, 0.29) is 5.41 Å². The van der Waals surface area contributed by atoms with E-state index in [9.17, 15) is 0 Å². The van der Waals surface area contributed by atoms with Gasteiger partial charge >= 0.3 is 0 Å². The SMILES string of the molecule is CC1(C)c2ccccc2-c2ccc(N(c3ccc4oc5ccccc5c4c3)c3ccc4oc5c(ccc6c7ccccc7sc65)c4c3)cc21. The number of fused-ring (bicyclic) bond motifs is 13. The van der Waals surface area contributed by atoms with Crippen molar-refractivity contribution in [2.24, 2.45) is 0 Å². The van der Waals surface area contributed by atoms with Crippen LogP contribution in [-0.2, 0) is 5.41 Å². The second kappa shape index (κ2) is 9.62. The maximum absolute atomic E-state index is 6.64. The predicted octanol–water partition coefficient (Wildman–Crippen LogP) is 13.6. The Balaban J connectivity index is 1.15. The van der Waals surface area contributed by atoms with Gasteiger partial charge in [-0.15, -0.1) is 11.3 Å². The molecule has 0 amide bonds. The van der Waals surface area contributed by atoms with Gasteiger partial charge in [-0.3, -0.25) is 0 Å². The van der Waals surface area contributed by atoms with Gasteiger partial charge in [-0.2, -0.15) is 0 Å². The zero-order valence-electron chi connectivity index (χ0n) is 27.0. The van der Waals surface area contributed by atoms with Crippen LogP contribution in [0.15, 0.2) is 148 Å². The molecule has 232 valence electrons. The Bertz CT molecular complexity index is 2990. The zero-order chi connectivity index (χ0) is 32.4. The maximum Gasteiger partial charge on any atom is 0.153 e. The topological polar surface area (TPSA) is 29.5 Å². The molecule has 0 radical (unpaired) electrons. The predicted molar refractivity (Wildman–Crippen MR) is 206 cm³/mol. The Hall–Kier alpha value is -5.84. The Kier molecular flexibility index (Phi) is 5.33. The van der Waals surface area contributed by atoms with E-state index < -0.39 is 0 Å². The second-order valence-electron chi connectivity index (χ2n) is 13.7. The van der Waals surface area contributed by atoms with Gasteiger partial charge in [0.1, 0.15) is 16.7 Å². The summed E-state index contributed by atoms with van der Waals surface area (Å²) in [6.45, 7) is 4.68. The Morgan fingerprint density at radius 3 is 1.94 bits per heavy atom. The minimum Gasteiger partial charge on any atom is -0.456 e. The molecule has 0 fully saturated rings. The van der Waals surface area contributed by atoms with Crippen LogP contribution < -0.4 is 4.90 Å². The van der Waals surface area contributed by atoms with Crippen molar-refractivity contribution in [1.29, 1.82) is 0 Å². The first-order valence-corrected chi connectivity index (χ1v) is 17.6. The Morgan fingerprint density at radius 1 is 0.469 bits per heavy atom. The van der Waals surface area contributed by atoms with Gasteiger partial charge in [-0.05, 0) is 89.0 Å². The van der Waals surface area contributed by atoms with Crippen LogP contribution in [0.1, 0.15) is 25.0 Å². The summed E-state index contributed by atoms with van der Waals surface area (Å²) in [7, 11) is 0. The van der Waals surface area contributed by atoms with Gasteiger partial charge in [0.25, 0.3) is 0 Å². The van der Waals surface area contributed by atoms with Gasteiger partial charge in [0.2, 0.25) is 0 Å². The molecular weight excluding hydrogens is 619 g/mol. The standard InChI is InChI=1S/C45H29NO2S/c1-45(2)37-12-6-3-9-29(37)30-18-15-28(25-38(30)45)46(26-16-21-40-35(23-26)31-10-4-7-13-39(31)47-40)27-17-22-41-36(24-27)33-19-20-34-32-11-5-8-14-42(32)49-44(34)43(33)48-41/h3-25H,1-2H3. The van der Waals surface area contributed by atoms with Crippen molar-refractivity contribution < 1.29 is 8.83 Å². The molecule has 49 heavy (non-hydrogen) atoms. The van der Waals surface area contributed by atoms with Crippen LogP contribution in [0.4, 0.5) is 17.1 Å². The molecule has 4 heteroatoms. The van der Waals surface area contributed by atoms with E-state index in [1.807, 2.05) is 12.1 Å². The second-order valence-corrected chi connectivity index (χ2v) is 14.8. The first-order chi connectivity index (χ1) is 24.0. The molecule has 11 rings (SSSR count). The third kappa shape index (κ3) is 3.72. The summed E-state index contributed by atoms with van der Waals surface area (Å²) < 4.78 is 15.4. The molecule has 0 aliphatic heterocycles. The molecule has 0 spiro atoms. The van der Waals surface area contributed by atoms with E-state index in [2.05, 4.69) is 146 Å². The molecule has 0 N–H and O–H groups in total. The van der Waals surface area contributed by atoms with Crippen LogP contribution in [0.3, 0.4) is 0 Å². The summed E-state index contributed by atoms with van der Waals surface area (Å²) in [5, 5.41) is 7.00. The molecule has 3 nitrogen and oxygen atoms in total. The highest BCUT2D eigenvalue weighted by Crippen LogP contribution is 2.51. The molecule has 0 bridgehead atoms. The molecule has 10 aromatic rings. The number of rotatable bonds is 3. The van der Waals surface area contributed by atoms with Gasteiger partial charge in [0.05, 0.1) is 4.70 Å². The van der Waals surface area contributed by atoms with Gasteiger partial charge in [0, 0.05) is 59.5 Å². The van der Waals surface area contributed by atoms with Crippen molar-refractivity contribution in [3.8, 4) is 11.1 Å². The number of hydrogen-bond acceptors (Lipinski definition) is 4. The zero-order valence-corrected chi connectivity index (χ0v) is 27.8. The van der Waals surface area contributed by atoms with E-state index in [0.29, 0.717) is 0 Å². The van der Waals surface area contributed by atoms with Crippen molar-refractivity contribution in [1.82, 2.24) is 0 Å². The fourth-order valence-corrected chi connectivity index (χ4v) is 9.46. The van der Waals surface area contributed by atoms with Crippen molar-refractivity contribution in [2.45, 2.75) is 19.3 Å². The number of anilines is 3. The van der Waals surface area contributed by atoms with Crippen LogP contribution in [0, 0.1) is 0 Å². The van der Waals surface area contributed by atoms with E-state index in [1.165, 1.54) is 42.4 Å². The van der Waals surface area contributed by atoms with Gasteiger partial charge < -0.3 is 13.7 Å². The molecule has 0 saturated carbocycles. The fourth-order valence-electron chi connectivity index (χ4n) is 8.28. The molecule has 0 saturated heterocycles. The largest absolute Gasteiger partial charge is 0.456 e. The number of furan rings is 2. The lowest BCUT2D eigenvalue weighted by atomic mass is 9.82. The average Bonchev–Trinajstić information content (AvgIpc) is 3.87. The number of hydrogen-bond donors (Lipinski definition) is 0. The highest BCUT2D eigenvalue weighted by Gasteiger charge is 2.35. The summed E-state index contributed by atoms with van der Waals surface area (Å²) in [5.41, 5.74) is 12.1. The Morgan fingerprint density at radius 2 is 1.08 bits per heavy atom. The Labute approximate surface area is 286 Å². The number of thiophene rings is 1. The van der Waals surface area contributed by atoms with Crippen molar-refractivity contribution >= 4 is 92.4 Å². The molecule has 0 atom stereocenters. The third-order valence-corrected chi connectivity index (χ3v) is 11.9. The monoisotopic (exact) mass is 647 g/mol.